The fraction of sp³-hybridized carbons (Fsp3) is 0.400. The Bertz CT molecular complexity index is 1270. The molecule has 0 unspecified atom stereocenters. The quantitative estimate of drug-likeness (QED) is 0.239. The zero-order valence-corrected chi connectivity index (χ0v) is 22.2. The second-order valence-electron chi connectivity index (χ2n) is 9.19. The van der Waals surface area contributed by atoms with Gasteiger partial charge in [0, 0.05) is 17.5 Å². The number of nitrogens with zero attached hydrogens (tertiary/aromatic N) is 2. The van der Waals surface area contributed by atoms with Crippen molar-refractivity contribution < 1.29 is 22.3 Å². The first-order valence-electron chi connectivity index (χ1n) is 11.7. The summed E-state index contributed by atoms with van der Waals surface area (Å²) in [6, 6.07) is 11.5. The number of thiazole rings is 1. The number of hydrogen-bond donors (Lipinski definition) is 2. The molecule has 0 saturated carbocycles. The summed E-state index contributed by atoms with van der Waals surface area (Å²) in [6.07, 6.45) is 4.28. The number of alkyl carbamates (subject to hydrolysis) is 1. The topological polar surface area (TPSA) is 110 Å². The van der Waals surface area contributed by atoms with Gasteiger partial charge in [0.05, 0.1) is 5.69 Å². The van der Waals surface area contributed by atoms with Crippen molar-refractivity contribution in [2.75, 3.05) is 11.3 Å². The van der Waals surface area contributed by atoms with E-state index in [0.29, 0.717) is 12.2 Å². The zero-order chi connectivity index (χ0) is 26.2. The number of ether oxygens (including phenoxy) is 1. The maximum absolute atomic E-state index is 13.3. The number of amides is 1. The number of carbonyl (C=O) groups is 1. The Hall–Kier alpha value is -3.05. The average Bonchev–Trinajstić information content (AvgIpc) is 3.25. The number of aromatic nitrogens is 2. The molecule has 0 aliphatic rings. The van der Waals surface area contributed by atoms with Gasteiger partial charge in [0.15, 0.2) is 10.2 Å². The Labute approximate surface area is 215 Å². The molecular weight excluding hydrogens is 503 g/mol. The first-order valence-corrected chi connectivity index (χ1v) is 14.1. The van der Waals surface area contributed by atoms with E-state index in [1.807, 2.05) is 45.0 Å². The van der Waals surface area contributed by atoms with Crippen LogP contribution in [0, 0.1) is 5.95 Å². The first-order chi connectivity index (χ1) is 17.0. The summed E-state index contributed by atoms with van der Waals surface area (Å²) in [4.78, 5) is 19.5. The number of hydrogen-bond acceptors (Lipinski definition) is 7. The Kier molecular flexibility index (Phi) is 9.38. The number of anilines is 1. The maximum atomic E-state index is 13.3. The van der Waals surface area contributed by atoms with Crippen LogP contribution in [-0.2, 0) is 21.2 Å². The normalized spacial score (nSPS) is 11.8. The molecule has 0 aliphatic heterocycles. The smallest absolute Gasteiger partial charge is 0.407 e. The third kappa shape index (κ3) is 8.56. The number of carbonyl (C=O) groups excluding carboxylic acids is 1. The monoisotopic (exact) mass is 534 g/mol. The predicted molar refractivity (Wildman–Crippen MR) is 139 cm³/mol. The summed E-state index contributed by atoms with van der Waals surface area (Å²) in [5.74, 6) is -0.870. The van der Waals surface area contributed by atoms with Crippen LogP contribution < -0.4 is 10.0 Å². The molecule has 0 radical (unpaired) electrons. The van der Waals surface area contributed by atoms with Crippen LogP contribution in [0.5, 0.6) is 0 Å². The molecule has 0 spiro atoms. The van der Waals surface area contributed by atoms with Gasteiger partial charge in [0.1, 0.15) is 5.60 Å². The van der Waals surface area contributed by atoms with Gasteiger partial charge >= 0.3 is 6.09 Å². The lowest BCUT2D eigenvalue weighted by Crippen LogP contribution is -2.32. The number of aryl methyl sites for hydroxylation is 1. The largest absolute Gasteiger partial charge is 0.444 e. The van der Waals surface area contributed by atoms with Crippen LogP contribution in [0.15, 0.2) is 52.9 Å². The van der Waals surface area contributed by atoms with E-state index in [0.717, 1.165) is 60.6 Å². The van der Waals surface area contributed by atoms with Crippen molar-refractivity contribution in [1.29, 1.82) is 0 Å². The van der Waals surface area contributed by atoms with Crippen LogP contribution in [-0.4, -0.2) is 36.6 Å². The standard InChI is InChI=1S/C25H31FN4O4S2/c1-25(2,3)34-24(31)27-16-9-5-4-6-11-18-12-7-8-13-19(18)20-17-35-23(28-20)30-36(32,33)22-15-10-14-21(26)29-22/h7-8,10,12-15,17H,4-6,9,11,16H2,1-3H3,(H,27,31)(H,28,30). The SMILES string of the molecule is CC(C)(C)OC(=O)NCCCCCCc1ccccc1-c1csc(NS(=O)(=O)c2cccc(F)n2)n1. The van der Waals surface area contributed by atoms with Crippen molar-refractivity contribution in [1.82, 2.24) is 15.3 Å². The summed E-state index contributed by atoms with van der Waals surface area (Å²) < 4.78 is 46.0. The number of nitrogens with one attached hydrogen (secondary N) is 2. The Morgan fingerprint density at radius 3 is 2.53 bits per heavy atom. The van der Waals surface area contributed by atoms with Gasteiger partial charge in [-0.25, -0.2) is 14.8 Å². The van der Waals surface area contributed by atoms with Gasteiger partial charge in [0.25, 0.3) is 10.0 Å². The van der Waals surface area contributed by atoms with Crippen LogP contribution in [0.25, 0.3) is 11.3 Å². The van der Waals surface area contributed by atoms with Crippen LogP contribution >= 0.6 is 11.3 Å². The maximum Gasteiger partial charge on any atom is 0.407 e. The summed E-state index contributed by atoms with van der Waals surface area (Å²) >= 11 is 1.15. The van der Waals surface area contributed by atoms with Gasteiger partial charge in [-0.1, -0.05) is 43.2 Å². The third-order valence-electron chi connectivity index (χ3n) is 5.03. The first kappa shape index (κ1) is 27.5. The molecule has 8 nitrogen and oxygen atoms in total. The number of unbranched alkanes of at least 4 members (excludes halogenated alkanes) is 3. The van der Waals surface area contributed by atoms with Gasteiger partial charge in [-0.2, -0.15) is 12.8 Å². The molecule has 0 saturated heterocycles. The summed E-state index contributed by atoms with van der Waals surface area (Å²) in [5, 5.41) is 4.34. The molecule has 0 atom stereocenters. The molecular formula is C25H31FN4O4S2. The molecule has 3 rings (SSSR count). The molecule has 194 valence electrons. The van der Waals surface area contributed by atoms with Crippen molar-refractivity contribution in [3.8, 4) is 11.3 Å². The Balaban J connectivity index is 1.51. The summed E-state index contributed by atoms with van der Waals surface area (Å²) in [5.41, 5.74) is 2.23. The van der Waals surface area contributed by atoms with Crippen LogP contribution in [0.3, 0.4) is 0 Å². The molecule has 0 aliphatic carbocycles. The minimum Gasteiger partial charge on any atom is -0.444 e. The number of benzene rings is 1. The van der Waals surface area contributed by atoms with E-state index in [9.17, 15) is 17.6 Å². The van der Waals surface area contributed by atoms with E-state index in [1.165, 1.54) is 12.1 Å². The lowest BCUT2D eigenvalue weighted by molar-refractivity contribution is 0.0527. The molecule has 1 aromatic carbocycles. The van der Waals surface area contributed by atoms with Crippen molar-refractivity contribution in [3.63, 3.8) is 0 Å². The molecule has 1 amide bonds. The second-order valence-corrected chi connectivity index (χ2v) is 11.7. The average molecular weight is 535 g/mol. The van der Waals surface area contributed by atoms with E-state index in [4.69, 9.17) is 4.74 Å². The van der Waals surface area contributed by atoms with Gasteiger partial charge < -0.3 is 10.1 Å². The predicted octanol–water partition coefficient (Wildman–Crippen LogP) is 5.77. The molecule has 2 N–H and O–H groups in total. The van der Waals surface area contributed by atoms with Gasteiger partial charge in [-0.15, -0.1) is 11.3 Å². The molecule has 3 aromatic rings. The molecule has 0 bridgehead atoms. The summed E-state index contributed by atoms with van der Waals surface area (Å²) in [6.45, 7) is 6.08. The lowest BCUT2D eigenvalue weighted by Gasteiger charge is -2.19. The Morgan fingerprint density at radius 1 is 1.03 bits per heavy atom. The lowest BCUT2D eigenvalue weighted by atomic mass is 9.99. The number of rotatable bonds is 11. The minimum absolute atomic E-state index is 0.184. The second kappa shape index (κ2) is 12.3. The van der Waals surface area contributed by atoms with E-state index in [2.05, 4.69) is 20.0 Å². The fourth-order valence-corrected chi connectivity index (χ4v) is 5.36. The van der Waals surface area contributed by atoms with Crippen molar-refractivity contribution in [3.05, 3.63) is 59.4 Å². The molecule has 0 fully saturated rings. The van der Waals surface area contributed by atoms with Crippen molar-refractivity contribution in [2.45, 2.75) is 63.5 Å². The van der Waals surface area contributed by atoms with E-state index in [1.54, 1.807) is 5.38 Å². The third-order valence-corrected chi connectivity index (χ3v) is 7.15. The number of sulfonamides is 1. The van der Waals surface area contributed by atoms with Crippen LogP contribution in [0.2, 0.25) is 0 Å². The van der Waals surface area contributed by atoms with Crippen molar-refractivity contribution >= 4 is 32.6 Å². The van der Waals surface area contributed by atoms with Crippen LogP contribution in [0.4, 0.5) is 14.3 Å². The molecule has 36 heavy (non-hydrogen) atoms. The van der Waals surface area contributed by atoms with Gasteiger partial charge in [-0.05, 0) is 57.7 Å². The minimum atomic E-state index is -4.04. The number of halogens is 1. The van der Waals surface area contributed by atoms with Gasteiger partial charge in [0.2, 0.25) is 5.95 Å². The van der Waals surface area contributed by atoms with Crippen molar-refractivity contribution in [2.24, 2.45) is 0 Å². The summed E-state index contributed by atoms with van der Waals surface area (Å²) in [7, 11) is -4.04. The van der Waals surface area contributed by atoms with Crippen LogP contribution in [0.1, 0.15) is 52.0 Å². The zero-order valence-electron chi connectivity index (χ0n) is 20.6. The van der Waals surface area contributed by atoms with E-state index < -0.39 is 32.7 Å². The van der Waals surface area contributed by atoms with E-state index >= 15 is 0 Å². The molecule has 2 heterocycles. The Morgan fingerprint density at radius 2 is 1.78 bits per heavy atom. The highest BCUT2D eigenvalue weighted by atomic mass is 32.2. The highest BCUT2D eigenvalue weighted by Crippen LogP contribution is 2.29. The van der Waals surface area contributed by atoms with Gasteiger partial charge in [-0.3, -0.25) is 4.72 Å². The molecule has 11 heteroatoms. The number of pyridine rings is 1. The highest BCUT2D eigenvalue weighted by molar-refractivity contribution is 7.92. The fourth-order valence-electron chi connectivity index (χ4n) is 3.44. The molecule has 2 aromatic heterocycles. The van der Waals surface area contributed by atoms with E-state index in [-0.39, 0.29) is 5.13 Å². The highest BCUT2D eigenvalue weighted by Gasteiger charge is 2.19.